The minimum atomic E-state index is 0.362. The summed E-state index contributed by atoms with van der Waals surface area (Å²) in [6, 6.07) is 11.7. The zero-order valence-corrected chi connectivity index (χ0v) is 18.3. The van der Waals surface area contributed by atoms with Gasteiger partial charge in [0.2, 0.25) is 0 Å². The van der Waals surface area contributed by atoms with Crippen LogP contribution in [0.4, 0.5) is 0 Å². The molecule has 30 heavy (non-hydrogen) atoms. The summed E-state index contributed by atoms with van der Waals surface area (Å²) in [4.78, 5) is 7.48. The molecule has 1 aliphatic carbocycles. The van der Waals surface area contributed by atoms with E-state index in [9.17, 15) is 0 Å². The zero-order chi connectivity index (χ0) is 20.8. The fourth-order valence-corrected chi connectivity index (χ4v) is 4.53. The van der Waals surface area contributed by atoms with Gasteiger partial charge in [0, 0.05) is 19.6 Å². The van der Waals surface area contributed by atoms with E-state index in [2.05, 4.69) is 56.1 Å². The Hall–Kier alpha value is -2.41. The van der Waals surface area contributed by atoms with E-state index in [4.69, 9.17) is 4.99 Å². The van der Waals surface area contributed by atoms with Crippen LogP contribution < -0.4 is 10.6 Å². The topological polar surface area (TPSA) is 70.4 Å². The number of aromatic nitrogens is 3. The van der Waals surface area contributed by atoms with E-state index in [0.717, 1.165) is 24.2 Å². The molecule has 7 heteroatoms. The molecule has 1 aromatic carbocycles. The molecule has 1 atom stereocenters. The van der Waals surface area contributed by atoms with Gasteiger partial charge in [0.15, 0.2) is 11.8 Å². The van der Waals surface area contributed by atoms with Crippen molar-refractivity contribution in [3.05, 3.63) is 47.5 Å². The Morgan fingerprint density at radius 2 is 1.83 bits per heavy atom. The van der Waals surface area contributed by atoms with Gasteiger partial charge < -0.3 is 15.2 Å². The highest BCUT2D eigenvalue weighted by Gasteiger charge is 2.24. The largest absolute Gasteiger partial charge is 0.354 e. The normalized spacial score (nSPS) is 19.3. The molecule has 0 radical (unpaired) electrons. The number of aryl methyl sites for hydroxylation is 1. The summed E-state index contributed by atoms with van der Waals surface area (Å²) in [7, 11) is 2.00. The summed E-state index contributed by atoms with van der Waals surface area (Å²) >= 11 is 0. The summed E-state index contributed by atoms with van der Waals surface area (Å²) in [5.74, 6) is 2.69. The van der Waals surface area contributed by atoms with E-state index >= 15 is 0 Å². The number of rotatable bonds is 7. The van der Waals surface area contributed by atoms with Crippen LogP contribution in [-0.4, -0.2) is 51.3 Å². The number of hydrogen-bond acceptors (Lipinski definition) is 4. The van der Waals surface area contributed by atoms with E-state index in [1.807, 2.05) is 18.5 Å². The van der Waals surface area contributed by atoms with Crippen LogP contribution in [0.2, 0.25) is 0 Å². The van der Waals surface area contributed by atoms with Crippen molar-refractivity contribution < 1.29 is 0 Å². The molecule has 1 saturated heterocycles. The van der Waals surface area contributed by atoms with E-state index in [1.54, 1.807) is 0 Å². The number of guanidine groups is 1. The van der Waals surface area contributed by atoms with Crippen molar-refractivity contribution in [3.63, 3.8) is 0 Å². The molecular formula is C23H35N7. The minimum absolute atomic E-state index is 0.362. The van der Waals surface area contributed by atoms with Gasteiger partial charge in [-0.3, -0.25) is 4.90 Å². The van der Waals surface area contributed by atoms with Crippen LogP contribution >= 0.6 is 0 Å². The Kier molecular flexibility index (Phi) is 7.00. The maximum Gasteiger partial charge on any atom is 0.191 e. The molecule has 0 bridgehead atoms. The van der Waals surface area contributed by atoms with Gasteiger partial charge in [-0.1, -0.05) is 43.2 Å². The number of nitrogens with zero attached hydrogens (tertiary/aromatic N) is 5. The average Bonchev–Trinajstić information content (AvgIpc) is 3.53. The molecule has 2 heterocycles. The van der Waals surface area contributed by atoms with Gasteiger partial charge in [-0.15, -0.1) is 10.2 Å². The van der Waals surface area contributed by atoms with Gasteiger partial charge in [0.1, 0.15) is 12.4 Å². The first-order valence-corrected chi connectivity index (χ1v) is 11.4. The van der Waals surface area contributed by atoms with Crippen molar-refractivity contribution in [2.75, 3.05) is 19.6 Å². The number of likely N-dealkylation sites (tertiary alicyclic amines) is 1. The minimum Gasteiger partial charge on any atom is -0.354 e. The van der Waals surface area contributed by atoms with Crippen LogP contribution in [0.3, 0.4) is 0 Å². The molecule has 2 aromatic rings. The van der Waals surface area contributed by atoms with Crippen molar-refractivity contribution in [1.82, 2.24) is 30.3 Å². The van der Waals surface area contributed by atoms with Gasteiger partial charge in [0.25, 0.3) is 0 Å². The third-order valence-electron chi connectivity index (χ3n) is 6.49. The smallest absolute Gasteiger partial charge is 0.191 e. The van der Waals surface area contributed by atoms with Crippen molar-refractivity contribution in [1.29, 1.82) is 0 Å². The molecule has 1 saturated carbocycles. The van der Waals surface area contributed by atoms with Crippen LogP contribution in [0.5, 0.6) is 0 Å². The molecule has 7 nitrogen and oxygen atoms in total. The van der Waals surface area contributed by atoms with Crippen molar-refractivity contribution in [3.8, 4) is 0 Å². The Balaban J connectivity index is 1.47. The van der Waals surface area contributed by atoms with Crippen molar-refractivity contribution >= 4 is 5.96 Å². The molecule has 1 aromatic heterocycles. The van der Waals surface area contributed by atoms with Crippen molar-refractivity contribution in [2.45, 2.75) is 64.1 Å². The molecular weight excluding hydrogens is 374 g/mol. The monoisotopic (exact) mass is 409 g/mol. The lowest BCUT2D eigenvalue weighted by atomic mass is 10.1. The molecule has 2 N–H and O–H groups in total. The molecule has 2 fully saturated rings. The lowest BCUT2D eigenvalue weighted by Gasteiger charge is -2.29. The van der Waals surface area contributed by atoms with Crippen LogP contribution in [-0.2, 0) is 13.6 Å². The van der Waals surface area contributed by atoms with Crippen LogP contribution in [0.1, 0.15) is 61.8 Å². The van der Waals surface area contributed by atoms with Gasteiger partial charge in [-0.2, -0.15) is 0 Å². The van der Waals surface area contributed by atoms with E-state index < -0.39 is 0 Å². The first kappa shape index (κ1) is 20.8. The lowest BCUT2D eigenvalue weighted by Crippen LogP contribution is -2.45. The molecule has 0 amide bonds. The van der Waals surface area contributed by atoms with Gasteiger partial charge >= 0.3 is 0 Å². The van der Waals surface area contributed by atoms with Gasteiger partial charge in [0.05, 0.1) is 6.04 Å². The van der Waals surface area contributed by atoms with Gasteiger partial charge in [-0.05, 0) is 51.3 Å². The second-order valence-electron chi connectivity index (χ2n) is 8.56. The highest BCUT2D eigenvalue weighted by Crippen LogP contribution is 2.24. The first-order valence-electron chi connectivity index (χ1n) is 11.4. The first-order chi connectivity index (χ1) is 14.7. The van der Waals surface area contributed by atoms with Crippen molar-refractivity contribution in [2.24, 2.45) is 12.0 Å². The summed E-state index contributed by atoms with van der Waals surface area (Å²) < 4.78 is 2.01. The third kappa shape index (κ3) is 5.19. The fourth-order valence-electron chi connectivity index (χ4n) is 4.53. The Labute approximate surface area is 180 Å². The quantitative estimate of drug-likeness (QED) is 0.544. The second kappa shape index (κ2) is 10.1. The summed E-state index contributed by atoms with van der Waals surface area (Å²) in [5, 5.41) is 15.8. The standard InChI is InChI=1S/C23H35N7/c1-18-27-28-22(29(18)2)17-25-23(26-20-12-6-7-13-20)24-16-21(30-14-8-9-15-30)19-10-4-3-5-11-19/h3-5,10-11,20-21H,6-9,12-17H2,1-2H3,(H2,24,25,26). The Bertz CT molecular complexity index is 817. The maximum atomic E-state index is 4.88. The molecule has 2 aliphatic rings. The predicted octanol–water partition coefficient (Wildman–Crippen LogP) is 2.94. The van der Waals surface area contributed by atoms with Crippen LogP contribution in [0.15, 0.2) is 35.3 Å². The summed E-state index contributed by atoms with van der Waals surface area (Å²) in [6.07, 6.45) is 7.62. The van der Waals surface area contributed by atoms with Crippen LogP contribution in [0.25, 0.3) is 0 Å². The third-order valence-corrected chi connectivity index (χ3v) is 6.49. The number of benzene rings is 1. The maximum absolute atomic E-state index is 4.88. The Morgan fingerprint density at radius 3 is 2.50 bits per heavy atom. The predicted molar refractivity (Wildman–Crippen MR) is 120 cm³/mol. The fraction of sp³-hybridized carbons (Fsp3) is 0.609. The summed E-state index contributed by atoms with van der Waals surface area (Å²) in [6.45, 7) is 5.68. The number of hydrogen-bond donors (Lipinski definition) is 2. The molecule has 1 aliphatic heterocycles. The Morgan fingerprint density at radius 1 is 1.10 bits per heavy atom. The highest BCUT2D eigenvalue weighted by atomic mass is 15.3. The average molecular weight is 410 g/mol. The molecule has 4 rings (SSSR count). The highest BCUT2D eigenvalue weighted by molar-refractivity contribution is 5.80. The molecule has 1 unspecified atom stereocenters. The molecule has 0 spiro atoms. The SMILES string of the molecule is Cc1nnc(CN=C(NCC(c2ccccc2)N2CCCC2)NC2CCCC2)n1C. The lowest BCUT2D eigenvalue weighted by molar-refractivity contribution is 0.245. The van der Waals surface area contributed by atoms with E-state index in [0.29, 0.717) is 18.6 Å². The number of nitrogens with one attached hydrogen (secondary N) is 2. The van der Waals surface area contributed by atoms with E-state index in [1.165, 1.54) is 57.2 Å². The number of aliphatic imine (C=N–C) groups is 1. The second-order valence-corrected chi connectivity index (χ2v) is 8.56. The molecule has 162 valence electrons. The van der Waals surface area contributed by atoms with Crippen LogP contribution in [0, 0.1) is 6.92 Å². The van der Waals surface area contributed by atoms with Gasteiger partial charge in [-0.25, -0.2) is 4.99 Å². The summed E-state index contributed by atoms with van der Waals surface area (Å²) in [5.41, 5.74) is 1.37. The van der Waals surface area contributed by atoms with E-state index in [-0.39, 0.29) is 0 Å². The zero-order valence-electron chi connectivity index (χ0n) is 18.3.